The molecule has 0 radical (unpaired) electrons. The Morgan fingerprint density at radius 3 is 2.72 bits per heavy atom. The van der Waals surface area contributed by atoms with Crippen molar-refractivity contribution in [2.75, 3.05) is 0 Å². The Morgan fingerprint density at radius 1 is 1.44 bits per heavy atom. The zero-order chi connectivity index (χ0) is 13.5. The van der Waals surface area contributed by atoms with Crippen LogP contribution in [0.2, 0.25) is 0 Å². The number of allylic oxidation sites excluding steroid dienone is 3. The van der Waals surface area contributed by atoms with Crippen LogP contribution >= 0.6 is 11.3 Å². The molecule has 0 aliphatic heterocycles. The van der Waals surface area contributed by atoms with Gasteiger partial charge in [-0.15, -0.1) is 11.3 Å². The van der Waals surface area contributed by atoms with Crippen molar-refractivity contribution in [2.24, 2.45) is 5.92 Å². The van der Waals surface area contributed by atoms with Crippen LogP contribution in [0.5, 0.6) is 0 Å². The first-order chi connectivity index (χ1) is 8.52. The monoisotopic (exact) mass is 263 g/mol. The molecule has 18 heavy (non-hydrogen) atoms. The van der Waals surface area contributed by atoms with Crippen molar-refractivity contribution in [3.8, 4) is 0 Å². The summed E-state index contributed by atoms with van der Waals surface area (Å²) in [5.74, 6) is 0.596. The van der Waals surface area contributed by atoms with Gasteiger partial charge in [-0.2, -0.15) is 0 Å². The lowest BCUT2D eigenvalue weighted by atomic mass is 9.96. The summed E-state index contributed by atoms with van der Waals surface area (Å²) in [5.41, 5.74) is 4.04. The van der Waals surface area contributed by atoms with Gasteiger partial charge in [0.1, 0.15) is 0 Å². The van der Waals surface area contributed by atoms with Crippen LogP contribution in [0.25, 0.3) is 6.08 Å². The Balaban J connectivity index is 2.58. The summed E-state index contributed by atoms with van der Waals surface area (Å²) in [6.45, 7) is 11.0. The lowest BCUT2D eigenvalue weighted by Crippen LogP contribution is -1.95. The zero-order valence-corrected chi connectivity index (χ0v) is 13.1. The topological polar surface area (TPSA) is 12.9 Å². The molecule has 0 fully saturated rings. The van der Waals surface area contributed by atoms with Crippen LogP contribution < -0.4 is 0 Å². The van der Waals surface area contributed by atoms with Crippen molar-refractivity contribution in [1.82, 2.24) is 4.98 Å². The highest BCUT2D eigenvalue weighted by atomic mass is 32.1. The highest BCUT2D eigenvalue weighted by Crippen LogP contribution is 2.20. The number of hydrogen-bond acceptors (Lipinski definition) is 2. The van der Waals surface area contributed by atoms with E-state index in [4.69, 9.17) is 0 Å². The van der Waals surface area contributed by atoms with Crippen molar-refractivity contribution in [2.45, 2.75) is 53.9 Å². The molecule has 0 aliphatic carbocycles. The van der Waals surface area contributed by atoms with Gasteiger partial charge in [-0.1, -0.05) is 37.5 Å². The highest BCUT2D eigenvalue weighted by molar-refractivity contribution is 7.09. The summed E-state index contributed by atoms with van der Waals surface area (Å²) < 4.78 is 0. The number of aryl methyl sites for hydroxylation is 1. The van der Waals surface area contributed by atoms with E-state index in [2.05, 4.69) is 57.1 Å². The van der Waals surface area contributed by atoms with Crippen LogP contribution in [-0.4, -0.2) is 4.98 Å². The second-order valence-electron chi connectivity index (χ2n) is 5.12. The van der Waals surface area contributed by atoms with Crippen molar-refractivity contribution in [1.29, 1.82) is 0 Å². The van der Waals surface area contributed by atoms with Gasteiger partial charge in [0.25, 0.3) is 0 Å². The molecular weight excluding hydrogens is 238 g/mol. The Morgan fingerprint density at radius 2 is 2.17 bits per heavy atom. The lowest BCUT2D eigenvalue weighted by Gasteiger charge is -2.10. The first-order valence-corrected chi connectivity index (χ1v) is 7.66. The van der Waals surface area contributed by atoms with Crippen molar-refractivity contribution >= 4 is 17.4 Å². The predicted molar refractivity (Wildman–Crippen MR) is 82.9 cm³/mol. The van der Waals surface area contributed by atoms with E-state index in [1.807, 2.05) is 0 Å². The third-order valence-electron chi connectivity index (χ3n) is 3.25. The summed E-state index contributed by atoms with van der Waals surface area (Å²) >= 11 is 1.72. The minimum Gasteiger partial charge on any atom is -0.242 e. The van der Waals surface area contributed by atoms with E-state index in [0.29, 0.717) is 5.92 Å². The molecule has 100 valence electrons. The lowest BCUT2D eigenvalue weighted by molar-refractivity contribution is 0.693. The van der Waals surface area contributed by atoms with Crippen LogP contribution in [0, 0.1) is 12.8 Å². The first kappa shape index (κ1) is 15.2. The van der Waals surface area contributed by atoms with E-state index in [1.165, 1.54) is 24.0 Å². The van der Waals surface area contributed by atoms with Gasteiger partial charge in [-0.3, -0.25) is 0 Å². The molecule has 0 aromatic carbocycles. The summed E-state index contributed by atoms with van der Waals surface area (Å²) in [5, 5.41) is 3.27. The standard InChI is InChI=1S/C16H25NS/c1-6-7-12(2)8-9-13(3)14(4)10-16-11-18-15(5)17-16/h8,10-11,13H,6-7,9H2,1-5H3/b12-8-,14-10+. The molecule has 1 nitrogen and oxygen atoms in total. The second kappa shape index (κ2) is 7.52. The van der Waals surface area contributed by atoms with Crippen LogP contribution in [0.1, 0.15) is 57.7 Å². The van der Waals surface area contributed by atoms with Gasteiger partial charge in [0, 0.05) is 5.38 Å². The largest absolute Gasteiger partial charge is 0.242 e. The van der Waals surface area contributed by atoms with E-state index in [9.17, 15) is 0 Å². The van der Waals surface area contributed by atoms with Gasteiger partial charge in [-0.25, -0.2) is 4.98 Å². The molecule has 0 bridgehead atoms. The fourth-order valence-electron chi connectivity index (χ4n) is 1.88. The van der Waals surface area contributed by atoms with Gasteiger partial charge in [-0.05, 0) is 45.6 Å². The van der Waals surface area contributed by atoms with E-state index in [1.54, 1.807) is 11.3 Å². The molecule has 2 heteroatoms. The SMILES string of the molecule is CCC/C(C)=C\CC(C)/C(C)=C/c1csc(C)n1. The van der Waals surface area contributed by atoms with Crippen molar-refractivity contribution in [3.63, 3.8) is 0 Å². The Labute approximate surface area is 116 Å². The molecule has 0 N–H and O–H groups in total. The van der Waals surface area contributed by atoms with E-state index >= 15 is 0 Å². The number of nitrogens with zero attached hydrogens (tertiary/aromatic N) is 1. The molecule has 0 aliphatic rings. The maximum Gasteiger partial charge on any atom is 0.0901 e. The van der Waals surface area contributed by atoms with Crippen LogP contribution in [0.3, 0.4) is 0 Å². The van der Waals surface area contributed by atoms with Crippen molar-refractivity contribution in [3.05, 3.63) is 33.3 Å². The molecule has 1 atom stereocenters. The maximum absolute atomic E-state index is 4.48. The summed E-state index contributed by atoms with van der Waals surface area (Å²) in [6, 6.07) is 0. The fourth-order valence-corrected chi connectivity index (χ4v) is 2.45. The first-order valence-electron chi connectivity index (χ1n) is 6.78. The Hall–Kier alpha value is -0.890. The molecule has 0 saturated heterocycles. The quantitative estimate of drug-likeness (QED) is 0.606. The predicted octanol–water partition coefficient (Wildman–Crippen LogP) is 5.63. The van der Waals surface area contributed by atoms with Gasteiger partial charge in [0.15, 0.2) is 0 Å². The molecule has 1 rings (SSSR count). The molecule has 1 aromatic rings. The van der Waals surface area contributed by atoms with Crippen LogP contribution in [0.15, 0.2) is 22.6 Å². The van der Waals surface area contributed by atoms with Gasteiger partial charge < -0.3 is 0 Å². The zero-order valence-electron chi connectivity index (χ0n) is 12.3. The van der Waals surface area contributed by atoms with E-state index in [0.717, 1.165) is 17.1 Å². The second-order valence-corrected chi connectivity index (χ2v) is 6.18. The minimum absolute atomic E-state index is 0.596. The summed E-state index contributed by atoms with van der Waals surface area (Å²) in [4.78, 5) is 4.48. The third kappa shape index (κ3) is 5.18. The van der Waals surface area contributed by atoms with Gasteiger partial charge in [0.05, 0.1) is 10.7 Å². The Kier molecular flexibility index (Phi) is 6.34. The maximum atomic E-state index is 4.48. The average Bonchev–Trinajstić information content (AvgIpc) is 2.72. The Bertz CT molecular complexity index is 426. The minimum atomic E-state index is 0.596. The van der Waals surface area contributed by atoms with Crippen LogP contribution in [0.4, 0.5) is 0 Å². The molecule has 1 aromatic heterocycles. The molecule has 0 saturated carbocycles. The smallest absolute Gasteiger partial charge is 0.0901 e. The number of aromatic nitrogens is 1. The third-order valence-corrected chi connectivity index (χ3v) is 4.05. The molecular formula is C16H25NS. The summed E-state index contributed by atoms with van der Waals surface area (Å²) in [6.07, 6.45) is 8.21. The normalized spacial score (nSPS) is 14.9. The average molecular weight is 263 g/mol. The number of hydrogen-bond donors (Lipinski definition) is 0. The van der Waals surface area contributed by atoms with E-state index < -0.39 is 0 Å². The summed E-state index contributed by atoms with van der Waals surface area (Å²) in [7, 11) is 0. The van der Waals surface area contributed by atoms with Crippen molar-refractivity contribution < 1.29 is 0 Å². The number of rotatable bonds is 6. The van der Waals surface area contributed by atoms with Gasteiger partial charge >= 0.3 is 0 Å². The van der Waals surface area contributed by atoms with E-state index in [-0.39, 0.29) is 0 Å². The molecule has 1 unspecified atom stereocenters. The molecule has 0 amide bonds. The molecule has 0 spiro atoms. The number of thiazole rings is 1. The van der Waals surface area contributed by atoms with Gasteiger partial charge in [0.2, 0.25) is 0 Å². The highest BCUT2D eigenvalue weighted by Gasteiger charge is 2.04. The van der Waals surface area contributed by atoms with Crippen LogP contribution in [-0.2, 0) is 0 Å². The molecule has 1 heterocycles. The fraction of sp³-hybridized carbons (Fsp3) is 0.562.